The molecular formula is C17H16. The van der Waals surface area contributed by atoms with E-state index < -0.39 is 0 Å². The van der Waals surface area contributed by atoms with Crippen LogP contribution >= 0.6 is 0 Å². The van der Waals surface area contributed by atoms with Crippen LogP contribution in [0.3, 0.4) is 0 Å². The van der Waals surface area contributed by atoms with Crippen LogP contribution in [0.25, 0.3) is 11.6 Å². The summed E-state index contributed by atoms with van der Waals surface area (Å²) in [6.45, 7) is 2.17. The number of allylic oxidation sites excluding steroid dienone is 1. The van der Waals surface area contributed by atoms with E-state index in [1.807, 2.05) is 0 Å². The van der Waals surface area contributed by atoms with E-state index in [1.165, 1.54) is 40.7 Å². The lowest BCUT2D eigenvalue weighted by atomic mass is 10.0. The molecule has 0 atom stereocenters. The Balaban J connectivity index is 2.02. The second kappa shape index (κ2) is 4.21. The van der Waals surface area contributed by atoms with Crippen molar-refractivity contribution in [3.63, 3.8) is 0 Å². The minimum atomic E-state index is 1.17. The molecule has 0 unspecified atom stereocenters. The van der Waals surface area contributed by atoms with Gasteiger partial charge in [-0.05, 0) is 42.0 Å². The Morgan fingerprint density at radius 2 is 1.76 bits per heavy atom. The number of hydrogen-bond acceptors (Lipinski definition) is 0. The molecule has 0 radical (unpaired) electrons. The molecule has 1 aliphatic rings. The average Bonchev–Trinajstić information content (AvgIpc) is 2.73. The topological polar surface area (TPSA) is 0 Å². The molecule has 0 saturated carbocycles. The number of aryl methyl sites for hydroxylation is 2. The molecule has 2 aromatic rings. The Kier molecular flexibility index (Phi) is 2.56. The summed E-state index contributed by atoms with van der Waals surface area (Å²) >= 11 is 0. The van der Waals surface area contributed by atoms with Crippen molar-refractivity contribution in [3.8, 4) is 0 Å². The van der Waals surface area contributed by atoms with Gasteiger partial charge in [0.1, 0.15) is 0 Å². The van der Waals surface area contributed by atoms with E-state index in [-0.39, 0.29) is 0 Å². The van der Waals surface area contributed by atoms with Gasteiger partial charge in [0.15, 0.2) is 0 Å². The van der Waals surface area contributed by atoms with Crippen molar-refractivity contribution in [3.05, 3.63) is 70.8 Å². The minimum absolute atomic E-state index is 1.17. The SMILES string of the molecule is Cc1ccc2c(c1)CC/C2=C\c1ccccc1. The molecule has 0 nitrogen and oxygen atoms in total. The summed E-state index contributed by atoms with van der Waals surface area (Å²) in [7, 11) is 0. The van der Waals surface area contributed by atoms with Crippen LogP contribution in [0.4, 0.5) is 0 Å². The van der Waals surface area contributed by atoms with Gasteiger partial charge in [-0.1, -0.05) is 60.2 Å². The molecule has 0 saturated heterocycles. The summed E-state index contributed by atoms with van der Waals surface area (Å²) in [6.07, 6.45) is 4.69. The summed E-state index contributed by atoms with van der Waals surface area (Å²) < 4.78 is 0. The molecule has 0 spiro atoms. The molecule has 0 amide bonds. The fourth-order valence-corrected chi connectivity index (χ4v) is 2.55. The maximum Gasteiger partial charge on any atom is -0.0192 e. The van der Waals surface area contributed by atoms with E-state index in [2.05, 4.69) is 61.5 Å². The van der Waals surface area contributed by atoms with Gasteiger partial charge in [-0.15, -0.1) is 0 Å². The van der Waals surface area contributed by atoms with Crippen LogP contribution in [0.5, 0.6) is 0 Å². The van der Waals surface area contributed by atoms with Gasteiger partial charge >= 0.3 is 0 Å². The maximum absolute atomic E-state index is 2.32. The third kappa shape index (κ3) is 2.03. The summed E-state index contributed by atoms with van der Waals surface area (Å²) in [5.41, 5.74) is 7.10. The second-order valence-corrected chi connectivity index (χ2v) is 4.74. The molecule has 0 bridgehead atoms. The van der Waals surface area contributed by atoms with E-state index in [9.17, 15) is 0 Å². The highest BCUT2D eigenvalue weighted by atomic mass is 14.2. The number of fused-ring (bicyclic) bond motifs is 1. The zero-order valence-electron chi connectivity index (χ0n) is 10.1. The number of hydrogen-bond donors (Lipinski definition) is 0. The Bertz CT molecular complexity index is 562. The predicted octanol–water partition coefficient (Wildman–Crippen LogP) is 4.48. The van der Waals surface area contributed by atoms with Crippen LogP contribution in [0.1, 0.15) is 28.7 Å². The van der Waals surface area contributed by atoms with Gasteiger partial charge in [0.05, 0.1) is 0 Å². The summed E-state index contributed by atoms with van der Waals surface area (Å²) in [5, 5.41) is 0. The van der Waals surface area contributed by atoms with Crippen molar-refractivity contribution in [2.24, 2.45) is 0 Å². The molecule has 1 aliphatic carbocycles. The predicted molar refractivity (Wildman–Crippen MR) is 73.8 cm³/mol. The van der Waals surface area contributed by atoms with Gasteiger partial charge < -0.3 is 0 Å². The largest absolute Gasteiger partial charge is 0.0622 e. The lowest BCUT2D eigenvalue weighted by Gasteiger charge is -2.02. The summed E-state index contributed by atoms with van der Waals surface area (Å²) in [4.78, 5) is 0. The summed E-state index contributed by atoms with van der Waals surface area (Å²) in [5.74, 6) is 0. The Hall–Kier alpha value is -1.82. The lowest BCUT2D eigenvalue weighted by Crippen LogP contribution is -1.82. The molecule has 0 aromatic heterocycles. The van der Waals surface area contributed by atoms with Gasteiger partial charge in [0.25, 0.3) is 0 Å². The molecule has 0 N–H and O–H groups in total. The Morgan fingerprint density at radius 3 is 2.59 bits per heavy atom. The quantitative estimate of drug-likeness (QED) is 0.664. The molecule has 2 aromatic carbocycles. The first kappa shape index (κ1) is 10.3. The van der Waals surface area contributed by atoms with Gasteiger partial charge in [-0.25, -0.2) is 0 Å². The van der Waals surface area contributed by atoms with Crippen molar-refractivity contribution >= 4 is 11.6 Å². The molecule has 0 aliphatic heterocycles. The van der Waals surface area contributed by atoms with E-state index in [0.717, 1.165) is 0 Å². The highest BCUT2D eigenvalue weighted by Crippen LogP contribution is 2.33. The lowest BCUT2D eigenvalue weighted by molar-refractivity contribution is 1.08. The third-order valence-corrected chi connectivity index (χ3v) is 3.41. The van der Waals surface area contributed by atoms with Crippen LogP contribution in [-0.2, 0) is 6.42 Å². The molecule has 84 valence electrons. The van der Waals surface area contributed by atoms with Crippen LogP contribution in [0.2, 0.25) is 0 Å². The van der Waals surface area contributed by atoms with Crippen molar-refractivity contribution in [2.45, 2.75) is 19.8 Å². The molecular weight excluding hydrogens is 204 g/mol. The Morgan fingerprint density at radius 1 is 0.941 bits per heavy atom. The zero-order chi connectivity index (χ0) is 11.7. The first-order valence-corrected chi connectivity index (χ1v) is 6.18. The molecule has 0 heterocycles. The molecule has 0 fully saturated rings. The van der Waals surface area contributed by atoms with Crippen molar-refractivity contribution in [2.75, 3.05) is 0 Å². The first-order chi connectivity index (χ1) is 8.33. The van der Waals surface area contributed by atoms with E-state index in [1.54, 1.807) is 0 Å². The van der Waals surface area contributed by atoms with Crippen LogP contribution in [0, 0.1) is 6.92 Å². The van der Waals surface area contributed by atoms with E-state index >= 15 is 0 Å². The van der Waals surface area contributed by atoms with Crippen LogP contribution in [-0.4, -0.2) is 0 Å². The maximum atomic E-state index is 2.32. The van der Waals surface area contributed by atoms with Gasteiger partial charge in [-0.3, -0.25) is 0 Å². The van der Waals surface area contributed by atoms with Crippen LogP contribution in [0.15, 0.2) is 48.5 Å². The van der Waals surface area contributed by atoms with E-state index in [4.69, 9.17) is 0 Å². The second-order valence-electron chi connectivity index (χ2n) is 4.74. The molecule has 17 heavy (non-hydrogen) atoms. The fraction of sp³-hybridized carbons (Fsp3) is 0.176. The monoisotopic (exact) mass is 220 g/mol. The standard InChI is InChI=1S/C17H16/c1-13-7-10-17-15(11-13)8-9-16(17)12-14-5-3-2-4-6-14/h2-7,10-12H,8-9H2,1H3/b16-12+. The zero-order valence-corrected chi connectivity index (χ0v) is 10.1. The normalized spacial score (nSPS) is 16.2. The first-order valence-electron chi connectivity index (χ1n) is 6.18. The minimum Gasteiger partial charge on any atom is -0.0622 e. The fourth-order valence-electron chi connectivity index (χ4n) is 2.55. The highest BCUT2D eigenvalue weighted by molar-refractivity contribution is 5.85. The van der Waals surface area contributed by atoms with E-state index in [0.29, 0.717) is 0 Å². The highest BCUT2D eigenvalue weighted by Gasteiger charge is 2.15. The molecule has 0 heteroatoms. The smallest absolute Gasteiger partial charge is 0.0192 e. The third-order valence-electron chi connectivity index (χ3n) is 3.41. The number of rotatable bonds is 1. The van der Waals surface area contributed by atoms with Crippen molar-refractivity contribution in [1.82, 2.24) is 0 Å². The van der Waals surface area contributed by atoms with Gasteiger partial charge in [0.2, 0.25) is 0 Å². The molecule has 3 rings (SSSR count). The Labute approximate surface area is 103 Å². The number of benzene rings is 2. The van der Waals surface area contributed by atoms with Crippen LogP contribution < -0.4 is 0 Å². The summed E-state index contributed by atoms with van der Waals surface area (Å²) in [6, 6.07) is 17.4. The average molecular weight is 220 g/mol. The van der Waals surface area contributed by atoms with Gasteiger partial charge in [-0.2, -0.15) is 0 Å². The van der Waals surface area contributed by atoms with Gasteiger partial charge in [0, 0.05) is 0 Å². The van der Waals surface area contributed by atoms with Crippen molar-refractivity contribution in [1.29, 1.82) is 0 Å². The van der Waals surface area contributed by atoms with Crippen molar-refractivity contribution < 1.29 is 0 Å².